The number of hydrogen-bond acceptors (Lipinski definition) is 2. The molecule has 0 fully saturated rings. The highest BCUT2D eigenvalue weighted by Crippen LogP contribution is 2.22. The van der Waals surface area contributed by atoms with Crippen molar-refractivity contribution in [3.8, 4) is 0 Å². The Morgan fingerprint density at radius 2 is 2.06 bits per heavy atom. The summed E-state index contributed by atoms with van der Waals surface area (Å²) in [5.74, 6) is -1.00. The first-order valence-electron chi connectivity index (χ1n) is 5.37. The third-order valence-corrected chi connectivity index (χ3v) is 2.87. The Morgan fingerprint density at radius 3 is 2.50 bits per heavy atom. The fraction of sp³-hybridized carbons (Fsp3) is 0.417. The fourth-order valence-corrected chi connectivity index (χ4v) is 1.77. The highest BCUT2D eigenvalue weighted by Gasteiger charge is 2.10. The second-order valence-corrected chi connectivity index (χ2v) is 4.06. The lowest BCUT2D eigenvalue weighted by molar-refractivity contribution is 0.0697. The number of carbonyl (C=O) groups is 1. The molecular weight excluding hydrogens is 226 g/mol. The minimum atomic E-state index is -1.00. The van der Waals surface area contributed by atoms with Crippen LogP contribution in [0.2, 0.25) is 5.02 Å². The second-order valence-electron chi connectivity index (χ2n) is 3.66. The molecule has 0 aliphatic rings. The van der Waals surface area contributed by atoms with Gasteiger partial charge in [0.2, 0.25) is 0 Å². The molecule has 1 aromatic rings. The minimum Gasteiger partial charge on any atom is -0.478 e. The molecule has 1 aromatic carbocycles. The number of rotatable bonds is 5. The van der Waals surface area contributed by atoms with Crippen molar-refractivity contribution in [2.45, 2.75) is 32.7 Å². The Labute approximate surface area is 100 Å². The molecule has 16 heavy (non-hydrogen) atoms. The molecule has 0 saturated heterocycles. The Hall–Kier alpha value is -1.22. The van der Waals surface area contributed by atoms with Crippen LogP contribution in [0.15, 0.2) is 18.2 Å². The fourth-order valence-electron chi connectivity index (χ4n) is 1.51. The maximum atomic E-state index is 10.8. The summed E-state index contributed by atoms with van der Waals surface area (Å²) >= 11 is 5.87. The van der Waals surface area contributed by atoms with Crippen LogP contribution in [0.5, 0.6) is 0 Å². The second kappa shape index (κ2) is 5.75. The van der Waals surface area contributed by atoms with E-state index in [1.807, 2.05) is 0 Å². The molecule has 0 spiro atoms. The largest absolute Gasteiger partial charge is 0.478 e. The summed E-state index contributed by atoms with van der Waals surface area (Å²) in [4.78, 5) is 10.8. The van der Waals surface area contributed by atoms with E-state index < -0.39 is 5.97 Å². The summed E-state index contributed by atoms with van der Waals surface area (Å²) in [6.45, 7) is 4.21. The molecule has 0 heterocycles. The van der Waals surface area contributed by atoms with Crippen molar-refractivity contribution in [3.63, 3.8) is 0 Å². The van der Waals surface area contributed by atoms with Crippen LogP contribution in [-0.2, 0) is 0 Å². The molecule has 88 valence electrons. The van der Waals surface area contributed by atoms with Gasteiger partial charge >= 0.3 is 5.97 Å². The SMILES string of the molecule is CCC(CC)Nc1ccc(C(=O)O)c(Cl)c1. The van der Waals surface area contributed by atoms with Crippen molar-refractivity contribution < 1.29 is 9.90 Å². The molecule has 1 rings (SSSR count). The summed E-state index contributed by atoms with van der Waals surface area (Å²) < 4.78 is 0. The van der Waals surface area contributed by atoms with E-state index in [9.17, 15) is 4.79 Å². The first-order valence-corrected chi connectivity index (χ1v) is 5.75. The average molecular weight is 242 g/mol. The number of carboxylic acid groups (broad SMARTS) is 1. The van der Waals surface area contributed by atoms with Gasteiger partial charge in [-0.15, -0.1) is 0 Å². The summed E-state index contributed by atoms with van der Waals surface area (Å²) in [6.07, 6.45) is 2.05. The Bertz CT molecular complexity index is 375. The predicted octanol–water partition coefficient (Wildman–Crippen LogP) is 3.64. The topological polar surface area (TPSA) is 49.3 Å². The molecule has 0 unspecified atom stereocenters. The summed E-state index contributed by atoms with van der Waals surface area (Å²) in [7, 11) is 0. The maximum Gasteiger partial charge on any atom is 0.337 e. The van der Waals surface area contributed by atoms with Gasteiger partial charge in [0, 0.05) is 11.7 Å². The van der Waals surface area contributed by atoms with Crippen molar-refractivity contribution >= 4 is 23.3 Å². The lowest BCUT2D eigenvalue weighted by Gasteiger charge is -2.16. The van der Waals surface area contributed by atoms with E-state index in [1.165, 1.54) is 6.07 Å². The normalized spacial score (nSPS) is 10.5. The molecule has 0 bridgehead atoms. The third kappa shape index (κ3) is 3.14. The van der Waals surface area contributed by atoms with Crippen LogP contribution in [0, 0.1) is 0 Å². The summed E-state index contributed by atoms with van der Waals surface area (Å²) in [6, 6.07) is 5.32. The van der Waals surface area contributed by atoms with Crippen molar-refractivity contribution in [1.29, 1.82) is 0 Å². The zero-order chi connectivity index (χ0) is 12.1. The minimum absolute atomic E-state index is 0.136. The quantitative estimate of drug-likeness (QED) is 0.828. The van der Waals surface area contributed by atoms with Gasteiger partial charge in [0.05, 0.1) is 10.6 Å². The molecule has 0 aliphatic heterocycles. The number of carboxylic acids is 1. The Balaban J connectivity index is 2.84. The average Bonchev–Trinajstić information content (AvgIpc) is 2.25. The number of benzene rings is 1. The Morgan fingerprint density at radius 1 is 1.44 bits per heavy atom. The van der Waals surface area contributed by atoms with E-state index in [0.717, 1.165) is 18.5 Å². The van der Waals surface area contributed by atoms with Gasteiger partial charge < -0.3 is 10.4 Å². The highest BCUT2D eigenvalue weighted by molar-refractivity contribution is 6.33. The summed E-state index contributed by atoms with van der Waals surface area (Å²) in [5.41, 5.74) is 1.00. The van der Waals surface area contributed by atoms with Gasteiger partial charge in [-0.1, -0.05) is 25.4 Å². The number of halogens is 1. The van der Waals surface area contributed by atoms with Crippen molar-refractivity contribution in [2.24, 2.45) is 0 Å². The van der Waals surface area contributed by atoms with Gasteiger partial charge in [-0.25, -0.2) is 4.79 Å². The lowest BCUT2D eigenvalue weighted by atomic mass is 10.1. The van der Waals surface area contributed by atoms with E-state index in [4.69, 9.17) is 16.7 Å². The smallest absolute Gasteiger partial charge is 0.337 e. The molecule has 0 amide bonds. The molecule has 0 atom stereocenters. The van der Waals surface area contributed by atoms with E-state index in [2.05, 4.69) is 19.2 Å². The zero-order valence-corrected chi connectivity index (χ0v) is 10.2. The van der Waals surface area contributed by atoms with Crippen LogP contribution in [-0.4, -0.2) is 17.1 Å². The highest BCUT2D eigenvalue weighted by atomic mass is 35.5. The standard InChI is InChI=1S/C12H16ClNO2/c1-3-8(4-2)14-9-5-6-10(12(15)16)11(13)7-9/h5-8,14H,3-4H2,1-2H3,(H,15,16). The number of anilines is 1. The van der Waals surface area contributed by atoms with Crippen LogP contribution in [0.3, 0.4) is 0 Å². The Kier molecular flexibility index (Phi) is 4.62. The van der Waals surface area contributed by atoms with Crippen LogP contribution in [0.1, 0.15) is 37.0 Å². The van der Waals surface area contributed by atoms with Crippen LogP contribution in [0.4, 0.5) is 5.69 Å². The van der Waals surface area contributed by atoms with Gasteiger partial charge in [0.25, 0.3) is 0 Å². The van der Waals surface area contributed by atoms with Crippen molar-refractivity contribution in [2.75, 3.05) is 5.32 Å². The van der Waals surface area contributed by atoms with Crippen LogP contribution >= 0.6 is 11.6 Å². The number of nitrogens with one attached hydrogen (secondary N) is 1. The van der Waals surface area contributed by atoms with Crippen LogP contribution in [0.25, 0.3) is 0 Å². The monoisotopic (exact) mass is 241 g/mol. The molecule has 0 aliphatic carbocycles. The van der Waals surface area contributed by atoms with Gasteiger partial charge in [0.15, 0.2) is 0 Å². The maximum absolute atomic E-state index is 10.8. The molecule has 0 radical (unpaired) electrons. The molecule has 3 nitrogen and oxygen atoms in total. The lowest BCUT2D eigenvalue weighted by Crippen LogP contribution is -2.17. The molecule has 0 aromatic heterocycles. The first-order chi connectivity index (χ1) is 7.58. The molecule has 2 N–H and O–H groups in total. The summed E-state index contributed by atoms with van der Waals surface area (Å²) in [5, 5.41) is 12.4. The van der Waals surface area contributed by atoms with E-state index in [0.29, 0.717) is 6.04 Å². The zero-order valence-electron chi connectivity index (χ0n) is 9.46. The van der Waals surface area contributed by atoms with Gasteiger partial charge in [-0.2, -0.15) is 0 Å². The van der Waals surface area contributed by atoms with E-state index >= 15 is 0 Å². The van der Waals surface area contributed by atoms with Crippen molar-refractivity contribution in [1.82, 2.24) is 0 Å². The van der Waals surface area contributed by atoms with E-state index in [-0.39, 0.29) is 10.6 Å². The van der Waals surface area contributed by atoms with Gasteiger partial charge in [-0.05, 0) is 31.0 Å². The van der Waals surface area contributed by atoms with E-state index in [1.54, 1.807) is 12.1 Å². The van der Waals surface area contributed by atoms with Gasteiger partial charge in [0.1, 0.15) is 0 Å². The molecule has 0 saturated carbocycles. The third-order valence-electron chi connectivity index (χ3n) is 2.56. The van der Waals surface area contributed by atoms with Gasteiger partial charge in [-0.3, -0.25) is 0 Å². The molecule has 4 heteroatoms. The number of hydrogen-bond donors (Lipinski definition) is 2. The molecular formula is C12H16ClNO2. The number of aromatic carboxylic acids is 1. The van der Waals surface area contributed by atoms with Crippen LogP contribution < -0.4 is 5.32 Å². The predicted molar refractivity (Wildman–Crippen MR) is 66.4 cm³/mol. The van der Waals surface area contributed by atoms with Crippen molar-refractivity contribution in [3.05, 3.63) is 28.8 Å². The first kappa shape index (κ1) is 12.8.